The molecule has 0 unspecified atom stereocenters. The number of halogens is 3. The third kappa shape index (κ3) is 2.44. The second-order valence-electron chi connectivity index (χ2n) is 4.23. The van der Waals surface area contributed by atoms with Crippen LogP contribution < -0.4 is 11.1 Å². The first-order valence-electron chi connectivity index (χ1n) is 5.70. The van der Waals surface area contributed by atoms with E-state index in [4.69, 9.17) is 17.3 Å². The molecule has 0 amide bonds. The number of H-pyrrole nitrogens is 1. The highest BCUT2D eigenvalue weighted by molar-refractivity contribution is 9.10. The van der Waals surface area contributed by atoms with Crippen molar-refractivity contribution in [3.05, 3.63) is 45.6 Å². The fraction of sp³-hybridized carbons (Fsp3) is 0. The number of aromatic amines is 1. The van der Waals surface area contributed by atoms with Crippen LogP contribution in [0.4, 0.5) is 21.7 Å². The second kappa shape index (κ2) is 4.96. The van der Waals surface area contributed by atoms with Crippen LogP contribution in [0.3, 0.4) is 0 Å². The number of nitrogens with zero attached hydrogens (tertiary/aromatic N) is 1. The summed E-state index contributed by atoms with van der Waals surface area (Å²) in [6.07, 6.45) is 0. The van der Waals surface area contributed by atoms with E-state index >= 15 is 0 Å². The van der Waals surface area contributed by atoms with Gasteiger partial charge in [0.2, 0.25) is 5.95 Å². The maximum atomic E-state index is 13.2. The van der Waals surface area contributed by atoms with E-state index in [1.165, 1.54) is 12.1 Å². The lowest BCUT2D eigenvalue weighted by atomic mass is 10.3. The Morgan fingerprint density at radius 1 is 1.30 bits per heavy atom. The third-order valence-electron chi connectivity index (χ3n) is 2.76. The van der Waals surface area contributed by atoms with Crippen molar-refractivity contribution in [2.45, 2.75) is 0 Å². The first-order valence-corrected chi connectivity index (χ1v) is 6.87. The second-order valence-corrected chi connectivity index (χ2v) is 5.49. The van der Waals surface area contributed by atoms with Gasteiger partial charge in [0.15, 0.2) is 0 Å². The number of benzene rings is 2. The molecule has 0 spiro atoms. The molecular weight excluding hydrogens is 347 g/mol. The zero-order valence-electron chi connectivity index (χ0n) is 10.0. The van der Waals surface area contributed by atoms with Crippen molar-refractivity contribution in [3.63, 3.8) is 0 Å². The quantitative estimate of drug-likeness (QED) is 0.595. The Bertz CT molecular complexity index is 779. The van der Waals surface area contributed by atoms with Crippen LogP contribution in [0.1, 0.15) is 0 Å². The maximum Gasteiger partial charge on any atom is 0.205 e. The number of fused-ring (bicyclic) bond motifs is 1. The van der Waals surface area contributed by atoms with Crippen molar-refractivity contribution in [1.29, 1.82) is 0 Å². The predicted molar refractivity (Wildman–Crippen MR) is 82.9 cm³/mol. The van der Waals surface area contributed by atoms with Crippen molar-refractivity contribution in [2.75, 3.05) is 11.1 Å². The minimum Gasteiger partial charge on any atom is -0.399 e. The van der Waals surface area contributed by atoms with Gasteiger partial charge >= 0.3 is 0 Å². The van der Waals surface area contributed by atoms with Crippen LogP contribution in [-0.4, -0.2) is 9.97 Å². The molecule has 0 aliphatic heterocycles. The molecule has 0 fully saturated rings. The van der Waals surface area contributed by atoms with Gasteiger partial charge < -0.3 is 16.0 Å². The molecule has 7 heteroatoms. The van der Waals surface area contributed by atoms with Gasteiger partial charge in [-0.05, 0) is 46.3 Å². The number of nitrogens with two attached hydrogens (primary N) is 1. The molecule has 3 aromatic rings. The van der Waals surface area contributed by atoms with Crippen molar-refractivity contribution in [3.8, 4) is 0 Å². The summed E-state index contributed by atoms with van der Waals surface area (Å²) >= 11 is 9.28. The highest BCUT2D eigenvalue weighted by Crippen LogP contribution is 2.33. The molecule has 0 bridgehead atoms. The molecule has 0 saturated heterocycles. The van der Waals surface area contributed by atoms with E-state index in [9.17, 15) is 4.39 Å². The fourth-order valence-corrected chi connectivity index (χ4v) is 2.77. The number of rotatable bonds is 2. The molecule has 20 heavy (non-hydrogen) atoms. The van der Waals surface area contributed by atoms with Crippen molar-refractivity contribution in [2.24, 2.45) is 0 Å². The van der Waals surface area contributed by atoms with E-state index in [0.717, 1.165) is 11.0 Å². The Balaban J connectivity index is 2.01. The molecule has 2 aromatic carbocycles. The SMILES string of the molecule is Nc1ccc2nc(Nc3c(Cl)cc(F)cc3Br)[nH]c2c1. The van der Waals surface area contributed by atoms with Crippen LogP contribution in [-0.2, 0) is 0 Å². The molecule has 0 atom stereocenters. The maximum absolute atomic E-state index is 13.2. The van der Waals surface area contributed by atoms with Crippen LogP contribution in [0.5, 0.6) is 0 Å². The molecule has 4 N–H and O–H groups in total. The topological polar surface area (TPSA) is 66.7 Å². The Kier molecular flexibility index (Phi) is 3.27. The van der Waals surface area contributed by atoms with Crippen LogP contribution in [0.25, 0.3) is 11.0 Å². The molecule has 0 radical (unpaired) electrons. The number of anilines is 3. The summed E-state index contributed by atoms with van der Waals surface area (Å²) in [5.74, 6) is 0.0876. The minimum absolute atomic E-state index is 0.261. The van der Waals surface area contributed by atoms with Gasteiger partial charge in [-0.2, -0.15) is 0 Å². The summed E-state index contributed by atoms with van der Waals surface area (Å²) in [6.45, 7) is 0. The van der Waals surface area contributed by atoms with Gasteiger partial charge in [-0.25, -0.2) is 9.37 Å². The zero-order valence-corrected chi connectivity index (χ0v) is 12.4. The molecule has 3 rings (SSSR count). The van der Waals surface area contributed by atoms with E-state index in [1.807, 2.05) is 6.07 Å². The number of nitrogen functional groups attached to an aromatic ring is 1. The first-order chi connectivity index (χ1) is 9.52. The lowest BCUT2D eigenvalue weighted by Gasteiger charge is -2.08. The number of hydrogen-bond donors (Lipinski definition) is 3. The Morgan fingerprint density at radius 2 is 2.10 bits per heavy atom. The smallest absolute Gasteiger partial charge is 0.205 e. The molecular formula is C13H9BrClFN4. The average molecular weight is 356 g/mol. The van der Waals surface area contributed by atoms with E-state index in [-0.39, 0.29) is 5.02 Å². The Hall–Kier alpha value is -1.79. The standard InChI is InChI=1S/C13H9BrClFN4/c14-8-3-6(16)4-9(15)12(8)20-13-18-10-2-1-7(17)5-11(10)19-13/h1-5H,17H2,(H2,18,19,20). The normalized spacial score (nSPS) is 10.9. The number of aromatic nitrogens is 2. The Morgan fingerprint density at radius 3 is 2.85 bits per heavy atom. The van der Waals surface area contributed by atoms with E-state index < -0.39 is 5.82 Å². The molecule has 1 aromatic heterocycles. The lowest BCUT2D eigenvalue weighted by Crippen LogP contribution is -1.95. The summed E-state index contributed by atoms with van der Waals surface area (Å²) in [4.78, 5) is 7.44. The average Bonchev–Trinajstić information content (AvgIpc) is 2.75. The van der Waals surface area contributed by atoms with Crippen molar-refractivity contribution < 1.29 is 4.39 Å². The molecule has 0 aliphatic rings. The molecule has 4 nitrogen and oxygen atoms in total. The van der Waals surface area contributed by atoms with Crippen molar-refractivity contribution in [1.82, 2.24) is 9.97 Å². The lowest BCUT2D eigenvalue weighted by molar-refractivity contribution is 0.627. The molecule has 0 aliphatic carbocycles. The number of imidazole rings is 1. The fourth-order valence-electron chi connectivity index (χ4n) is 1.87. The first kappa shape index (κ1) is 13.2. The predicted octanol–water partition coefficient (Wildman–Crippen LogP) is 4.44. The van der Waals surface area contributed by atoms with E-state index in [1.54, 1.807) is 12.1 Å². The summed E-state index contributed by atoms with van der Waals surface area (Å²) in [5.41, 5.74) is 8.48. The highest BCUT2D eigenvalue weighted by Gasteiger charge is 2.10. The van der Waals surface area contributed by atoms with Crippen molar-refractivity contribution >= 4 is 55.9 Å². The Labute approximate surface area is 127 Å². The number of hydrogen-bond acceptors (Lipinski definition) is 3. The van der Waals surface area contributed by atoms with Gasteiger partial charge in [0.1, 0.15) is 5.82 Å². The van der Waals surface area contributed by atoms with Crippen LogP contribution >= 0.6 is 27.5 Å². The summed E-state index contributed by atoms with van der Waals surface area (Å²) in [6, 6.07) is 7.93. The largest absolute Gasteiger partial charge is 0.399 e. The molecule has 0 saturated carbocycles. The van der Waals surface area contributed by atoms with Gasteiger partial charge in [0.05, 0.1) is 21.7 Å². The molecule has 102 valence electrons. The van der Waals surface area contributed by atoms with Gasteiger partial charge in [-0.3, -0.25) is 0 Å². The van der Waals surface area contributed by atoms with Crippen LogP contribution in [0.15, 0.2) is 34.8 Å². The van der Waals surface area contributed by atoms with E-state index in [0.29, 0.717) is 21.8 Å². The minimum atomic E-state index is -0.412. The number of nitrogens with one attached hydrogen (secondary N) is 2. The zero-order chi connectivity index (χ0) is 14.3. The highest BCUT2D eigenvalue weighted by atomic mass is 79.9. The van der Waals surface area contributed by atoms with Gasteiger partial charge in [-0.15, -0.1) is 0 Å². The van der Waals surface area contributed by atoms with Gasteiger partial charge in [0, 0.05) is 10.2 Å². The summed E-state index contributed by atoms with van der Waals surface area (Å²) < 4.78 is 13.7. The summed E-state index contributed by atoms with van der Waals surface area (Å²) in [5, 5.41) is 3.28. The van der Waals surface area contributed by atoms with Gasteiger partial charge in [-0.1, -0.05) is 11.6 Å². The van der Waals surface area contributed by atoms with Crippen LogP contribution in [0.2, 0.25) is 5.02 Å². The molecule has 1 heterocycles. The van der Waals surface area contributed by atoms with Gasteiger partial charge in [0.25, 0.3) is 0 Å². The summed E-state index contributed by atoms with van der Waals surface area (Å²) in [7, 11) is 0. The monoisotopic (exact) mass is 354 g/mol. The van der Waals surface area contributed by atoms with E-state index in [2.05, 4.69) is 31.2 Å². The van der Waals surface area contributed by atoms with Crippen LogP contribution in [0, 0.1) is 5.82 Å². The third-order valence-corrected chi connectivity index (χ3v) is 3.68.